The molecule has 196 valence electrons. The van der Waals surface area contributed by atoms with Gasteiger partial charge < -0.3 is 19.3 Å². The minimum atomic E-state index is -1.59. The van der Waals surface area contributed by atoms with Gasteiger partial charge in [0.2, 0.25) is 5.78 Å². The van der Waals surface area contributed by atoms with Crippen molar-refractivity contribution < 1.29 is 33.7 Å². The standard InChI is InChI=1S/C29H38O7/c1-16-12-21-20-9-8-18-13-19(35-17(2)30)10-11-26(18,6)29(20)23(36-29)14-27(21,7)28(16,33)22(31)15-34-24(32)25(3,4)5/h8,10-11,13,16,20-21,23,33H,9,12,14-15H2,1-7H3/t16-,20+,21+,23+,26+,27+,28+,29-/m1/s1. The van der Waals surface area contributed by atoms with Crippen LogP contribution in [0.1, 0.15) is 67.7 Å². The van der Waals surface area contributed by atoms with Crippen LogP contribution in [0.25, 0.3) is 0 Å². The normalized spacial score (nSPS) is 44.2. The second kappa shape index (κ2) is 7.64. The lowest BCUT2D eigenvalue weighted by atomic mass is 9.48. The van der Waals surface area contributed by atoms with Crippen molar-refractivity contribution in [2.24, 2.45) is 34.0 Å². The Morgan fingerprint density at radius 1 is 1.19 bits per heavy atom. The van der Waals surface area contributed by atoms with E-state index in [0.29, 0.717) is 18.6 Å². The molecule has 0 radical (unpaired) electrons. The monoisotopic (exact) mass is 498 g/mol. The summed E-state index contributed by atoms with van der Waals surface area (Å²) in [4.78, 5) is 37.3. The van der Waals surface area contributed by atoms with E-state index in [4.69, 9.17) is 14.2 Å². The van der Waals surface area contributed by atoms with E-state index in [1.54, 1.807) is 20.8 Å². The van der Waals surface area contributed by atoms with E-state index >= 15 is 0 Å². The van der Waals surface area contributed by atoms with Crippen LogP contribution in [-0.2, 0) is 28.6 Å². The van der Waals surface area contributed by atoms with Gasteiger partial charge >= 0.3 is 11.9 Å². The molecular formula is C29H38O7. The molecule has 36 heavy (non-hydrogen) atoms. The summed E-state index contributed by atoms with van der Waals surface area (Å²) in [5.41, 5.74) is -2.73. The van der Waals surface area contributed by atoms with Crippen LogP contribution in [0.3, 0.4) is 0 Å². The number of Topliss-reactive ketones (excluding diaryl/α,β-unsaturated/α-hetero) is 1. The zero-order chi connectivity index (χ0) is 26.5. The Labute approximate surface area is 212 Å². The zero-order valence-corrected chi connectivity index (χ0v) is 22.3. The lowest BCUT2D eigenvalue weighted by molar-refractivity contribution is -0.173. The van der Waals surface area contributed by atoms with Crippen LogP contribution in [0.15, 0.2) is 35.6 Å². The molecule has 0 unspecified atom stereocenters. The van der Waals surface area contributed by atoms with E-state index in [9.17, 15) is 19.5 Å². The molecule has 1 aliphatic heterocycles. The van der Waals surface area contributed by atoms with Gasteiger partial charge in [-0.25, -0.2) is 0 Å². The Kier molecular flexibility index (Phi) is 5.39. The van der Waals surface area contributed by atoms with Crippen molar-refractivity contribution in [1.29, 1.82) is 0 Å². The summed E-state index contributed by atoms with van der Waals surface area (Å²) in [6.45, 7) is 12.3. The van der Waals surface area contributed by atoms with Crippen LogP contribution in [0.4, 0.5) is 0 Å². The highest BCUT2D eigenvalue weighted by Gasteiger charge is 2.81. The number of aliphatic hydroxyl groups is 1. The number of esters is 2. The van der Waals surface area contributed by atoms with Gasteiger partial charge in [-0.2, -0.15) is 0 Å². The molecule has 0 aromatic rings. The Hall–Kier alpha value is -2.25. The van der Waals surface area contributed by atoms with Gasteiger partial charge in [0.1, 0.15) is 17.0 Å². The summed E-state index contributed by atoms with van der Waals surface area (Å²) >= 11 is 0. The molecule has 7 heteroatoms. The van der Waals surface area contributed by atoms with Gasteiger partial charge in [-0.3, -0.25) is 14.4 Å². The molecule has 3 fully saturated rings. The summed E-state index contributed by atoms with van der Waals surface area (Å²) in [5, 5.41) is 12.1. The summed E-state index contributed by atoms with van der Waals surface area (Å²) in [5.74, 6) is -0.770. The molecule has 0 amide bonds. The molecule has 0 bridgehead atoms. The Balaban J connectivity index is 1.45. The van der Waals surface area contributed by atoms with Crippen molar-refractivity contribution in [3.05, 3.63) is 35.6 Å². The predicted molar refractivity (Wildman–Crippen MR) is 131 cm³/mol. The molecule has 8 atom stereocenters. The lowest BCUT2D eigenvalue weighted by Gasteiger charge is -2.54. The largest absolute Gasteiger partial charge is 0.457 e. The average Bonchev–Trinajstić information content (AvgIpc) is 3.46. The minimum absolute atomic E-state index is 0.0698. The van der Waals surface area contributed by atoms with Gasteiger partial charge in [0, 0.05) is 17.8 Å². The SMILES string of the molecule is CC(=O)OC1=CC2=CC[C@H]3[C@@H]4C[C@@H](C)[C@](O)(C(=O)COC(=O)C(C)(C)C)[C@@]4(C)C[C@@H]4O[C@@]43[C@@]2(C)C=C1. The average molecular weight is 499 g/mol. The van der Waals surface area contributed by atoms with Gasteiger partial charge in [0.25, 0.3) is 0 Å². The van der Waals surface area contributed by atoms with Crippen LogP contribution in [0, 0.1) is 34.0 Å². The third-order valence-corrected chi connectivity index (χ3v) is 9.93. The third-order valence-electron chi connectivity index (χ3n) is 9.93. The second-order valence-electron chi connectivity index (χ2n) is 13.0. The smallest absolute Gasteiger partial charge is 0.311 e. The highest BCUT2D eigenvalue weighted by molar-refractivity contribution is 5.92. The lowest BCUT2D eigenvalue weighted by Crippen LogP contribution is -2.62. The molecule has 0 aromatic carbocycles. The minimum Gasteiger partial charge on any atom is -0.457 e. The van der Waals surface area contributed by atoms with Crippen LogP contribution in [0.5, 0.6) is 0 Å². The first-order valence-corrected chi connectivity index (χ1v) is 13.0. The van der Waals surface area contributed by atoms with Crippen molar-refractivity contribution in [3.63, 3.8) is 0 Å². The summed E-state index contributed by atoms with van der Waals surface area (Å²) in [6, 6.07) is 0. The van der Waals surface area contributed by atoms with E-state index in [-0.39, 0.29) is 35.2 Å². The van der Waals surface area contributed by atoms with Crippen molar-refractivity contribution in [2.45, 2.75) is 85.0 Å². The fraction of sp³-hybridized carbons (Fsp3) is 0.690. The first kappa shape index (κ1) is 25.4. The predicted octanol–water partition coefficient (Wildman–Crippen LogP) is 4.05. The highest BCUT2D eigenvalue weighted by Crippen LogP contribution is 2.75. The van der Waals surface area contributed by atoms with Crippen molar-refractivity contribution >= 4 is 17.7 Å². The third kappa shape index (κ3) is 3.14. The highest BCUT2D eigenvalue weighted by atomic mass is 16.6. The molecule has 1 heterocycles. The van der Waals surface area contributed by atoms with E-state index in [1.807, 2.05) is 26.0 Å². The number of rotatable bonds is 4. The number of hydrogen-bond acceptors (Lipinski definition) is 7. The van der Waals surface area contributed by atoms with Crippen LogP contribution in [0.2, 0.25) is 0 Å². The molecular weight excluding hydrogens is 460 g/mol. The molecule has 1 spiro atoms. The fourth-order valence-corrected chi connectivity index (χ4v) is 8.02. The van der Waals surface area contributed by atoms with Gasteiger partial charge in [-0.1, -0.05) is 26.0 Å². The van der Waals surface area contributed by atoms with Gasteiger partial charge in [0.15, 0.2) is 6.61 Å². The number of fused-ring (bicyclic) bond motifs is 3. The Morgan fingerprint density at radius 2 is 1.89 bits per heavy atom. The molecule has 5 aliphatic rings. The van der Waals surface area contributed by atoms with Crippen LogP contribution >= 0.6 is 0 Å². The Morgan fingerprint density at radius 3 is 2.53 bits per heavy atom. The van der Waals surface area contributed by atoms with Crippen molar-refractivity contribution in [2.75, 3.05) is 6.61 Å². The van der Waals surface area contributed by atoms with E-state index in [1.165, 1.54) is 6.92 Å². The summed E-state index contributed by atoms with van der Waals surface area (Å²) in [7, 11) is 0. The van der Waals surface area contributed by atoms with E-state index in [2.05, 4.69) is 19.1 Å². The molecule has 7 nitrogen and oxygen atoms in total. The number of ketones is 1. The zero-order valence-electron chi connectivity index (χ0n) is 22.3. The van der Waals surface area contributed by atoms with E-state index in [0.717, 1.165) is 12.0 Å². The fourth-order valence-electron chi connectivity index (χ4n) is 8.02. The van der Waals surface area contributed by atoms with Gasteiger partial charge in [-0.05, 0) is 82.4 Å². The molecule has 0 aromatic heterocycles. The number of carbonyl (C=O) groups is 3. The number of hydrogen-bond donors (Lipinski definition) is 1. The first-order chi connectivity index (χ1) is 16.6. The summed E-state index contributed by atoms with van der Waals surface area (Å²) < 4.78 is 17.2. The maximum Gasteiger partial charge on any atom is 0.311 e. The molecule has 4 aliphatic carbocycles. The van der Waals surface area contributed by atoms with E-state index < -0.39 is 40.4 Å². The quantitative estimate of drug-likeness (QED) is 0.461. The molecule has 1 N–H and O–H groups in total. The Bertz CT molecular complexity index is 1120. The number of carbonyl (C=O) groups excluding carboxylic acids is 3. The molecule has 5 rings (SSSR count). The number of ether oxygens (including phenoxy) is 3. The second-order valence-corrected chi connectivity index (χ2v) is 13.0. The molecule has 1 saturated heterocycles. The maximum atomic E-state index is 13.5. The number of allylic oxidation sites excluding steroid dienone is 3. The van der Waals surface area contributed by atoms with Gasteiger partial charge in [0.05, 0.1) is 11.5 Å². The number of epoxide rings is 1. The topological polar surface area (TPSA) is 102 Å². The van der Waals surface area contributed by atoms with Crippen molar-refractivity contribution in [3.8, 4) is 0 Å². The van der Waals surface area contributed by atoms with Gasteiger partial charge in [-0.15, -0.1) is 0 Å². The first-order valence-electron chi connectivity index (χ1n) is 13.0. The van der Waals surface area contributed by atoms with Crippen LogP contribution in [-0.4, -0.2) is 46.7 Å². The molecule has 2 saturated carbocycles. The van der Waals surface area contributed by atoms with Crippen LogP contribution < -0.4 is 0 Å². The summed E-state index contributed by atoms with van der Waals surface area (Å²) in [6.07, 6.45) is 9.98. The maximum absolute atomic E-state index is 13.5. The van der Waals surface area contributed by atoms with Crippen molar-refractivity contribution in [1.82, 2.24) is 0 Å².